The highest BCUT2D eigenvalue weighted by atomic mass is 32.1. The second-order valence-corrected chi connectivity index (χ2v) is 6.40. The molecule has 21 heavy (non-hydrogen) atoms. The average Bonchev–Trinajstić information content (AvgIpc) is 2.70. The minimum Gasteiger partial charge on any atom is -0.481 e. The van der Waals surface area contributed by atoms with E-state index in [9.17, 15) is 14.9 Å². The molecule has 1 saturated heterocycles. The molecule has 1 aromatic carbocycles. The van der Waals surface area contributed by atoms with Crippen LogP contribution in [-0.4, -0.2) is 34.1 Å². The van der Waals surface area contributed by atoms with Crippen LogP contribution in [0, 0.1) is 23.0 Å². The van der Waals surface area contributed by atoms with Gasteiger partial charge in [-0.2, -0.15) is 0 Å². The number of nitrogens with zero attached hydrogens (tertiary/aromatic N) is 3. The molecule has 0 unspecified atom stereocenters. The van der Waals surface area contributed by atoms with Gasteiger partial charge in [-0.1, -0.05) is 0 Å². The number of nitro groups is 1. The Labute approximate surface area is 124 Å². The van der Waals surface area contributed by atoms with Gasteiger partial charge in [-0.05, 0) is 13.0 Å². The zero-order valence-corrected chi connectivity index (χ0v) is 12.1. The largest absolute Gasteiger partial charge is 0.481 e. The molecule has 1 N–H and O–H groups in total. The molecule has 7 nitrogen and oxygen atoms in total. The summed E-state index contributed by atoms with van der Waals surface area (Å²) in [6, 6.07) is 3.29. The first kappa shape index (κ1) is 13.7. The minimum atomic E-state index is -0.834. The average molecular weight is 307 g/mol. The monoisotopic (exact) mass is 307 g/mol. The minimum absolute atomic E-state index is 0.0509. The summed E-state index contributed by atoms with van der Waals surface area (Å²) in [5.74, 6) is -0.783. The molecule has 1 aromatic heterocycles. The van der Waals surface area contributed by atoms with Gasteiger partial charge in [0.05, 0.1) is 26.6 Å². The van der Waals surface area contributed by atoms with Crippen LogP contribution in [0.25, 0.3) is 10.2 Å². The second-order valence-electron chi connectivity index (χ2n) is 5.17. The lowest BCUT2D eigenvalue weighted by atomic mass is 9.95. The fourth-order valence-electron chi connectivity index (χ4n) is 2.61. The number of carboxylic acid groups (broad SMARTS) is 1. The van der Waals surface area contributed by atoms with Gasteiger partial charge in [0, 0.05) is 25.1 Å². The summed E-state index contributed by atoms with van der Waals surface area (Å²) in [5.41, 5.74) is 1.33. The number of hydrogen-bond acceptors (Lipinski definition) is 6. The first-order chi connectivity index (χ1) is 9.94. The van der Waals surface area contributed by atoms with Crippen molar-refractivity contribution in [3.63, 3.8) is 0 Å². The number of carboxylic acids is 1. The van der Waals surface area contributed by atoms with Crippen molar-refractivity contribution in [1.82, 2.24) is 4.98 Å². The maximum Gasteiger partial charge on any atom is 0.303 e. The van der Waals surface area contributed by atoms with Gasteiger partial charge in [0.2, 0.25) is 0 Å². The summed E-state index contributed by atoms with van der Waals surface area (Å²) in [4.78, 5) is 27.7. The van der Waals surface area contributed by atoms with Gasteiger partial charge in [0.15, 0.2) is 0 Å². The molecule has 110 valence electrons. The third-order valence-corrected chi connectivity index (χ3v) is 4.48. The van der Waals surface area contributed by atoms with E-state index in [4.69, 9.17) is 5.11 Å². The van der Waals surface area contributed by atoms with E-state index in [-0.39, 0.29) is 18.0 Å². The molecule has 0 radical (unpaired) electrons. The van der Waals surface area contributed by atoms with E-state index in [1.807, 2.05) is 11.8 Å². The standard InChI is InChI=1S/C13H13N3O4S/c1-7-14-9-3-10(11(16(19)20)4-12(9)21-7)15-5-8(6-15)2-13(17)18/h3-4,8H,2,5-6H2,1H3,(H,17,18). The molecule has 1 aliphatic heterocycles. The quantitative estimate of drug-likeness (QED) is 0.688. The number of aliphatic carboxylic acids is 1. The lowest BCUT2D eigenvalue weighted by Crippen LogP contribution is -2.47. The van der Waals surface area contributed by atoms with Crippen LogP contribution in [0.4, 0.5) is 11.4 Å². The molecule has 0 atom stereocenters. The van der Waals surface area contributed by atoms with Gasteiger partial charge < -0.3 is 10.0 Å². The summed E-state index contributed by atoms with van der Waals surface area (Å²) in [5, 5.41) is 20.9. The van der Waals surface area contributed by atoms with E-state index >= 15 is 0 Å². The highest BCUT2D eigenvalue weighted by Crippen LogP contribution is 2.38. The summed E-state index contributed by atoms with van der Waals surface area (Å²) in [6.45, 7) is 2.92. The van der Waals surface area contributed by atoms with Gasteiger partial charge in [0.1, 0.15) is 5.69 Å². The van der Waals surface area contributed by atoms with Crippen molar-refractivity contribution in [2.24, 2.45) is 5.92 Å². The summed E-state index contributed by atoms with van der Waals surface area (Å²) in [7, 11) is 0. The Balaban J connectivity index is 1.92. The number of aryl methyl sites for hydroxylation is 1. The fraction of sp³-hybridized carbons (Fsp3) is 0.385. The molecule has 0 aliphatic carbocycles. The number of aromatic nitrogens is 1. The molecule has 8 heteroatoms. The van der Waals surface area contributed by atoms with Crippen LogP contribution >= 0.6 is 11.3 Å². The summed E-state index contributed by atoms with van der Waals surface area (Å²) < 4.78 is 0.797. The molecule has 2 heterocycles. The van der Waals surface area contributed by atoms with Gasteiger partial charge in [0.25, 0.3) is 5.69 Å². The maximum atomic E-state index is 11.2. The molecule has 3 rings (SSSR count). The third kappa shape index (κ3) is 2.54. The Morgan fingerprint density at radius 1 is 1.57 bits per heavy atom. The van der Waals surface area contributed by atoms with Crippen molar-refractivity contribution in [2.45, 2.75) is 13.3 Å². The van der Waals surface area contributed by atoms with Crippen LogP contribution in [0.1, 0.15) is 11.4 Å². The van der Waals surface area contributed by atoms with Crippen molar-refractivity contribution >= 4 is 38.9 Å². The lowest BCUT2D eigenvalue weighted by molar-refractivity contribution is -0.384. The Morgan fingerprint density at radius 2 is 2.29 bits per heavy atom. The predicted octanol–water partition coefficient (Wildman–Crippen LogP) is 2.42. The van der Waals surface area contributed by atoms with E-state index in [1.54, 1.807) is 12.1 Å². The van der Waals surface area contributed by atoms with E-state index < -0.39 is 10.9 Å². The van der Waals surface area contributed by atoms with Crippen LogP contribution in [-0.2, 0) is 4.79 Å². The van der Waals surface area contributed by atoms with Crippen LogP contribution in [0.5, 0.6) is 0 Å². The number of benzene rings is 1. The number of carbonyl (C=O) groups is 1. The van der Waals surface area contributed by atoms with Gasteiger partial charge in [-0.15, -0.1) is 11.3 Å². The number of fused-ring (bicyclic) bond motifs is 1. The van der Waals surface area contributed by atoms with Crippen molar-refractivity contribution in [2.75, 3.05) is 18.0 Å². The highest BCUT2D eigenvalue weighted by Gasteiger charge is 2.33. The number of nitro benzene ring substituents is 1. The first-order valence-corrected chi connectivity index (χ1v) is 7.28. The van der Waals surface area contributed by atoms with E-state index in [2.05, 4.69) is 4.98 Å². The molecule has 0 spiro atoms. The Morgan fingerprint density at radius 3 is 2.90 bits per heavy atom. The fourth-order valence-corrected chi connectivity index (χ4v) is 3.45. The van der Waals surface area contributed by atoms with Crippen LogP contribution in [0.15, 0.2) is 12.1 Å². The molecule has 0 saturated carbocycles. The Kier molecular flexibility index (Phi) is 3.25. The normalized spacial score (nSPS) is 15.2. The Hall–Kier alpha value is -2.22. The molecule has 0 amide bonds. The Bertz CT molecular complexity index is 736. The number of rotatable bonds is 4. The number of thiazole rings is 1. The van der Waals surface area contributed by atoms with Gasteiger partial charge in [-0.25, -0.2) is 4.98 Å². The lowest BCUT2D eigenvalue weighted by Gasteiger charge is -2.39. The topological polar surface area (TPSA) is 96.6 Å². The van der Waals surface area contributed by atoms with E-state index in [0.717, 1.165) is 15.2 Å². The van der Waals surface area contributed by atoms with Crippen LogP contribution in [0.2, 0.25) is 0 Å². The number of anilines is 1. The highest BCUT2D eigenvalue weighted by molar-refractivity contribution is 7.18. The van der Waals surface area contributed by atoms with Gasteiger partial charge >= 0.3 is 5.97 Å². The van der Waals surface area contributed by atoms with E-state index in [1.165, 1.54) is 11.3 Å². The SMILES string of the molecule is Cc1nc2cc(N3CC(CC(=O)O)C3)c([N+](=O)[O-])cc2s1. The zero-order valence-electron chi connectivity index (χ0n) is 11.3. The van der Waals surface area contributed by atoms with Crippen molar-refractivity contribution in [3.05, 3.63) is 27.3 Å². The second kappa shape index (κ2) is 4.96. The molecule has 1 aliphatic rings. The zero-order chi connectivity index (χ0) is 15.1. The smallest absolute Gasteiger partial charge is 0.303 e. The number of hydrogen-bond donors (Lipinski definition) is 1. The van der Waals surface area contributed by atoms with Gasteiger partial charge in [-0.3, -0.25) is 14.9 Å². The first-order valence-electron chi connectivity index (χ1n) is 6.46. The third-order valence-electron chi connectivity index (χ3n) is 3.55. The molecule has 1 fully saturated rings. The van der Waals surface area contributed by atoms with E-state index in [0.29, 0.717) is 18.8 Å². The van der Waals surface area contributed by atoms with Crippen molar-refractivity contribution in [3.8, 4) is 0 Å². The molecule has 0 bridgehead atoms. The molecular formula is C13H13N3O4S. The van der Waals surface area contributed by atoms with Crippen molar-refractivity contribution in [1.29, 1.82) is 0 Å². The maximum absolute atomic E-state index is 11.2. The van der Waals surface area contributed by atoms with Crippen LogP contribution in [0.3, 0.4) is 0 Å². The molecular weight excluding hydrogens is 294 g/mol. The predicted molar refractivity (Wildman–Crippen MR) is 79.0 cm³/mol. The van der Waals surface area contributed by atoms with Crippen LogP contribution < -0.4 is 4.90 Å². The summed E-state index contributed by atoms with van der Waals surface area (Å²) >= 11 is 1.43. The molecule has 2 aromatic rings. The van der Waals surface area contributed by atoms with Crippen molar-refractivity contribution < 1.29 is 14.8 Å². The summed E-state index contributed by atoms with van der Waals surface area (Å²) in [6.07, 6.45) is 0.0996.